The molecule has 1 fully saturated rings. The van der Waals surface area contributed by atoms with Crippen molar-refractivity contribution in [1.29, 1.82) is 0 Å². The van der Waals surface area contributed by atoms with Gasteiger partial charge in [-0.3, -0.25) is 4.79 Å². The summed E-state index contributed by atoms with van der Waals surface area (Å²) in [6.07, 6.45) is 4.87. The van der Waals surface area contributed by atoms with E-state index in [1.54, 1.807) is 13.3 Å². The molecule has 1 saturated carbocycles. The molecule has 0 unspecified atom stereocenters. The van der Waals surface area contributed by atoms with Crippen LogP contribution in [-0.4, -0.2) is 40.9 Å². The second-order valence-electron chi connectivity index (χ2n) is 6.39. The summed E-state index contributed by atoms with van der Waals surface area (Å²) in [7, 11) is 1.66. The number of ether oxygens (including phenoxy) is 1. The highest BCUT2D eigenvalue weighted by molar-refractivity contribution is 6.05. The van der Waals surface area contributed by atoms with Crippen LogP contribution in [0, 0.1) is 0 Å². The summed E-state index contributed by atoms with van der Waals surface area (Å²) >= 11 is 0. The maximum absolute atomic E-state index is 12.6. The number of amides is 1. The van der Waals surface area contributed by atoms with Gasteiger partial charge in [0.15, 0.2) is 5.65 Å². The number of nitrogens with one attached hydrogen (secondary N) is 1. The third-order valence-electron chi connectivity index (χ3n) is 4.13. The van der Waals surface area contributed by atoms with Crippen molar-refractivity contribution in [2.24, 2.45) is 0 Å². The third-order valence-corrected chi connectivity index (χ3v) is 4.13. The summed E-state index contributed by atoms with van der Waals surface area (Å²) in [5.41, 5.74) is 2.51. The molecule has 124 valence electrons. The molecule has 0 spiro atoms. The van der Waals surface area contributed by atoms with Crippen LogP contribution in [0.15, 0.2) is 12.3 Å². The number of fused-ring (bicyclic) bond motifs is 1. The number of carbonyl (C=O) groups is 1. The minimum absolute atomic E-state index is 0.0568. The van der Waals surface area contributed by atoms with Crippen molar-refractivity contribution in [1.82, 2.24) is 20.1 Å². The Kier molecular flexibility index (Phi) is 4.61. The van der Waals surface area contributed by atoms with Crippen LogP contribution >= 0.6 is 0 Å². The molecule has 1 aliphatic carbocycles. The summed E-state index contributed by atoms with van der Waals surface area (Å²) in [5.74, 6) is 0.439. The molecule has 1 aliphatic rings. The third kappa shape index (κ3) is 3.37. The minimum Gasteiger partial charge on any atom is -0.385 e. The summed E-state index contributed by atoms with van der Waals surface area (Å²) < 4.78 is 6.91. The molecule has 0 aromatic carbocycles. The molecule has 2 heterocycles. The molecule has 0 bridgehead atoms. The smallest absolute Gasteiger partial charge is 0.252 e. The van der Waals surface area contributed by atoms with Crippen molar-refractivity contribution in [3.63, 3.8) is 0 Å². The van der Waals surface area contributed by atoms with Crippen molar-refractivity contribution in [2.75, 3.05) is 20.3 Å². The summed E-state index contributed by atoms with van der Waals surface area (Å²) in [5, 5.41) is 8.22. The monoisotopic (exact) mass is 316 g/mol. The molecule has 3 rings (SSSR count). The highest BCUT2D eigenvalue weighted by Crippen LogP contribution is 2.40. The number of hydrogen-bond acceptors (Lipinski definition) is 4. The number of hydrogen-bond donors (Lipinski definition) is 1. The Balaban J connectivity index is 1.93. The average molecular weight is 316 g/mol. The molecular formula is C17H24N4O2. The maximum Gasteiger partial charge on any atom is 0.252 e. The van der Waals surface area contributed by atoms with Gasteiger partial charge in [-0.2, -0.15) is 5.10 Å². The fourth-order valence-electron chi connectivity index (χ4n) is 2.71. The van der Waals surface area contributed by atoms with Crippen molar-refractivity contribution in [3.8, 4) is 0 Å². The lowest BCUT2D eigenvalue weighted by Crippen LogP contribution is -2.25. The van der Waals surface area contributed by atoms with Crippen LogP contribution in [0.25, 0.3) is 11.0 Å². The number of rotatable bonds is 7. The first-order valence-electron chi connectivity index (χ1n) is 8.27. The fraction of sp³-hybridized carbons (Fsp3) is 0.588. The van der Waals surface area contributed by atoms with Crippen molar-refractivity contribution < 1.29 is 9.53 Å². The molecule has 0 radical (unpaired) electrons. The second-order valence-corrected chi connectivity index (χ2v) is 6.39. The van der Waals surface area contributed by atoms with Crippen LogP contribution in [0.4, 0.5) is 0 Å². The molecule has 6 nitrogen and oxygen atoms in total. The van der Waals surface area contributed by atoms with Gasteiger partial charge in [-0.05, 0) is 39.2 Å². The topological polar surface area (TPSA) is 69.0 Å². The van der Waals surface area contributed by atoms with E-state index < -0.39 is 0 Å². The Bertz CT molecular complexity index is 704. The molecule has 6 heteroatoms. The van der Waals surface area contributed by atoms with Crippen molar-refractivity contribution >= 4 is 16.9 Å². The SMILES string of the molecule is COCCCNC(=O)c1cc(C2CC2)nc2c1cnn2C(C)C. The van der Waals surface area contributed by atoms with E-state index in [9.17, 15) is 4.79 Å². The van der Waals surface area contributed by atoms with Gasteiger partial charge in [0.1, 0.15) is 0 Å². The molecule has 2 aromatic rings. The Morgan fingerprint density at radius 3 is 2.91 bits per heavy atom. The van der Waals surface area contributed by atoms with Crippen LogP contribution in [0.1, 0.15) is 61.1 Å². The minimum atomic E-state index is -0.0568. The van der Waals surface area contributed by atoms with Gasteiger partial charge in [-0.25, -0.2) is 9.67 Å². The highest BCUT2D eigenvalue weighted by Gasteiger charge is 2.28. The fourth-order valence-corrected chi connectivity index (χ4v) is 2.71. The zero-order valence-electron chi connectivity index (χ0n) is 14.0. The van der Waals surface area contributed by atoms with E-state index in [-0.39, 0.29) is 11.9 Å². The molecule has 0 atom stereocenters. The summed E-state index contributed by atoms with van der Waals surface area (Å²) in [6, 6.07) is 2.16. The lowest BCUT2D eigenvalue weighted by molar-refractivity contribution is 0.0950. The Morgan fingerprint density at radius 1 is 1.48 bits per heavy atom. The van der Waals surface area contributed by atoms with Gasteiger partial charge < -0.3 is 10.1 Å². The Hall–Kier alpha value is -1.95. The maximum atomic E-state index is 12.6. The first kappa shape index (κ1) is 15.9. The van der Waals surface area contributed by atoms with Gasteiger partial charge in [-0.1, -0.05) is 0 Å². The standard InChI is InChI=1S/C17H24N4O2/c1-11(2)21-16-14(10-19-21)13(9-15(20-16)12-5-6-12)17(22)18-7-4-8-23-3/h9-12H,4-8H2,1-3H3,(H,18,22). The number of carbonyl (C=O) groups excluding carboxylic acids is 1. The van der Waals surface area contributed by atoms with E-state index in [1.807, 2.05) is 10.7 Å². The van der Waals surface area contributed by atoms with Crippen LogP contribution < -0.4 is 5.32 Å². The molecule has 23 heavy (non-hydrogen) atoms. The first-order chi connectivity index (χ1) is 11.1. The van der Waals surface area contributed by atoms with Crippen LogP contribution in [0.2, 0.25) is 0 Å². The predicted molar refractivity (Wildman–Crippen MR) is 88.7 cm³/mol. The summed E-state index contributed by atoms with van der Waals surface area (Å²) in [6.45, 7) is 5.39. The zero-order valence-corrected chi connectivity index (χ0v) is 14.0. The second kappa shape index (κ2) is 6.66. The van der Waals surface area contributed by atoms with E-state index in [0.717, 1.165) is 36.0 Å². The van der Waals surface area contributed by atoms with E-state index in [2.05, 4.69) is 24.3 Å². The van der Waals surface area contributed by atoms with Gasteiger partial charge in [0.2, 0.25) is 0 Å². The lowest BCUT2D eigenvalue weighted by atomic mass is 10.1. The Morgan fingerprint density at radius 2 is 2.26 bits per heavy atom. The molecule has 1 amide bonds. The Labute approximate surface area is 136 Å². The van der Waals surface area contributed by atoms with Gasteiger partial charge in [0.25, 0.3) is 5.91 Å². The van der Waals surface area contributed by atoms with Gasteiger partial charge in [0.05, 0.1) is 17.1 Å². The van der Waals surface area contributed by atoms with Crippen molar-refractivity contribution in [3.05, 3.63) is 23.5 Å². The van der Waals surface area contributed by atoms with Crippen molar-refractivity contribution in [2.45, 2.75) is 45.1 Å². The quantitative estimate of drug-likeness (QED) is 0.797. The lowest BCUT2D eigenvalue weighted by Gasteiger charge is -2.10. The number of pyridine rings is 1. The predicted octanol–water partition coefficient (Wildman–Crippen LogP) is 2.66. The largest absolute Gasteiger partial charge is 0.385 e. The van der Waals surface area contributed by atoms with Gasteiger partial charge in [-0.15, -0.1) is 0 Å². The van der Waals surface area contributed by atoms with Crippen LogP contribution in [0.5, 0.6) is 0 Å². The number of methoxy groups -OCH3 is 1. The van der Waals surface area contributed by atoms with E-state index in [1.165, 1.54) is 0 Å². The number of aromatic nitrogens is 3. The highest BCUT2D eigenvalue weighted by atomic mass is 16.5. The number of nitrogens with zero attached hydrogens (tertiary/aromatic N) is 3. The van der Waals surface area contributed by atoms with E-state index in [0.29, 0.717) is 24.6 Å². The van der Waals surface area contributed by atoms with E-state index >= 15 is 0 Å². The molecular weight excluding hydrogens is 292 g/mol. The molecule has 1 N–H and O–H groups in total. The normalized spacial score (nSPS) is 14.6. The van der Waals surface area contributed by atoms with E-state index in [4.69, 9.17) is 9.72 Å². The first-order valence-corrected chi connectivity index (χ1v) is 8.27. The molecule has 0 saturated heterocycles. The molecule has 0 aliphatic heterocycles. The van der Waals surface area contributed by atoms with Crippen LogP contribution in [-0.2, 0) is 4.74 Å². The summed E-state index contributed by atoms with van der Waals surface area (Å²) in [4.78, 5) is 17.4. The molecule has 2 aromatic heterocycles. The van der Waals surface area contributed by atoms with Gasteiger partial charge >= 0.3 is 0 Å². The van der Waals surface area contributed by atoms with Gasteiger partial charge in [0, 0.05) is 37.9 Å². The van der Waals surface area contributed by atoms with Crippen LogP contribution in [0.3, 0.4) is 0 Å². The average Bonchev–Trinajstić information content (AvgIpc) is 3.29. The zero-order chi connectivity index (χ0) is 16.4.